The third-order valence-corrected chi connectivity index (χ3v) is 6.10. The van der Waals surface area contributed by atoms with E-state index in [-0.39, 0.29) is 49.9 Å². The van der Waals surface area contributed by atoms with Crippen LogP contribution in [0.25, 0.3) is 33.7 Å². The first kappa shape index (κ1) is 25.4. The van der Waals surface area contributed by atoms with Crippen molar-refractivity contribution < 1.29 is 48.5 Å². The zero-order valence-electron chi connectivity index (χ0n) is 19.4. The van der Waals surface area contributed by atoms with Crippen LogP contribution in [0.2, 0.25) is 0 Å². The van der Waals surface area contributed by atoms with E-state index < -0.39 is 0 Å². The van der Waals surface area contributed by atoms with Gasteiger partial charge in [-0.05, 0) is 72.4 Å². The summed E-state index contributed by atoms with van der Waals surface area (Å²) in [6, 6.07) is 28.9. The average Bonchev–Trinajstić information content (AvgIpc) is 3.25. The fourth-order valence-electron chi connectivity index (χ4n) is 4.44. The van der Waals surface area contributed by atoms with Crippen molar-refractivity contribution in [3.8, 4) is 27.9 Å². The van der Waals surface area contributed by atoms with Gasteiger partial charge in [-0.25, -0.2) is 4.39 Å². The van der Waals surface area contributed by atoms with E-state index in [2.05, 4.69) is 40.0 Å². The second kappa shape index (κ2) is 11.8. The van der Waals surface area contributed by atoms with E-state index in [0.717, 1.165) is 47.2 Å². The topological polar surface area (TPSA) is 41.6 Å². The third kappa shape index (κ3) is 5.92. The first-order valence-corrected chi connectivity index (χ1v) is 11.5. The van der Waals surface area contributed by atoms with Crippen LogP contribution in [0.15, 0.2) is 110 Å². The molecule has 3 aromatic carbocycles. The van der Waals surface area contributed by atoms with Gasteiger partial charge in [0, 0.05) is 85.2 Å². The van der Waals surface area contributed by atoms with Gasteiger partial charge in [-0.15, -0.1) is 5.69 Å². The molecule has 5 aromatic rings. The molecule has 2 aromatic heterocycles. The van der Waals surface area contributed by atoms with Gasteiger partial charge in [-0.1, -0.05) is 54.6 Å². The molecule has 35 heavy (non-hydrogen) atoms. The monoisotopic (exact) mass is 673 g/mol. The molecule has 1 radical (unpaired) electrons. The summed E-state index contributed by atoms with van der Waals surface area (Å²) in [6.45, 7) is 0. The molecule has 0 aliphatic carbocycles. The molecule has 0 bridgehead atoms. The SMILES string of the molecule is [Ac].[NH-]c1ccc(-n2cc(-c3ccc(F)cc3)c(-c3ccncc3)c2CCCc2ccccc2)cc1. The van der Waals surface area contributed by atoms with Gasteiger partial charge in [-0.3, -0.25) is 4.98 Å². The Hall–Kier alpha value is -2.74. The minimum atomic E-state index is -0.247. The Morgan fingerprint density at radius 1 is 0.743 bits per heavy atom. The number of nitrogens with zero attached hydrogens (tertiary/aromatic N) is 2. The van der Waals surface area contributed by atoms with Crippen molar-refractivity contribution in [3.63, 3.8) is 0 Å². The number of aryl methyl sites for hydroxylation is 1. The molecule has 0 saturated heterocycles. The average molecular weight is 674 g/mol. The number of hydrogen-bond donors (Lipinski definition) is 0. The predicted octanol–water partition coefficient (Wildman–Crippen LogP) is 8.20. The third-order valence-electron chi connectivity index (χ3n) is 6.10. The maximum absolute atomic E-state index is 13.7. The maximum Gasteiger partial charge on any atom is 0.123 e. The van der Waals surface area contributed by atoms with Gasteiger partial charge >= 0.3 is 0 Å². The Kier molecular flexibility index (Phi) is 8.55. The summed E-state index contributed by atoms with van der Waals surface area (Å²) in [6.07, 6.45) is 8.61. The molecule has 0 amide bonds. The molecule has 3 nitrogen and oxygen atoms in total. The molecule has 0 fully saturated rings. The smallest absolute Gasteiger partial charge is 0.123 e. The van der Waals surface area contributed by atoms with Crippen molar-refractivity contribution in [1.82, 2.24) is 9.55 Å². The Bertz CT molecular complexity index is 1360. The van der Waals surface area contributed by atoms with Crippen LogP contribution in [0.3, 0.4) is 0 Å². The second-order valence-electron chi connectivity index (χ2n) is 8.36. The van der Waals surface area contributed by atoms with E-state index in [4.69, 9.17) is 5.73 Å². The summed E-state index contributed by atoms with van der Waals surface area (Å²) < 4.78 is 15.9. The van der Waals surface area contributed by atoms with E-state index in [1.165, 1.54) is 23.4 Å². The number of rotatable bonds is 7. The molecule has 0 aliphatic heterocycles. The summed E-state index contributed by atoms with van der Waals surface area (Å²) in [5.41, 5.74) is 16.1. The zero-order valence-corrected chi connectivity index (χ0v) is 24.1. The molecule has 0 saturated carbocycles. The first-order chi connectivity index (χ1) is 16.7. The van der Waals surface area contributed by atoms with Gasteiger partial charge in [0.2, 0.25) is 0 Å². The molecule has 171 valence electrons. The Labute approximate surface area is 241 Å². The normalized spacial score (nSPS) is 10.7. The summed E-state index contributed by atoms with van der Waals surface area (Å²) in [4.78, 5) is 4.21. The summed E-state index contributed by atoms with van der Waals surface area (Å²) in [5, 5.41) is 0. The van der Waals surface area contributed by atoms with Crippen LogP contribution in [0, 0.1) is 49.9 Å². The number of benzene rings is 3. The van der Waals surface area contributed by atoms with Crippen LogP contribution in [0.5, 0.6) is 0 Å². The number of halogens is 1. The molecule has 5 rings (SSSR count). The maximum atomic E-state index is 13.7. The number of hydrogen-bond acceptors (Lipinski definition) is 1. The van der Waals surface area contributed by atoms with E-state index >= 15 is 0 Å². The van der Waals surface area contributed by atoms with Gasteiger partial charge in [0.1, 0.15) is 5.82 Å². The molecular weight excluding hydrogens is 648 g/mol. The number of nitrogens with one attached hydrogen (secondary N) is 1. The van der Waals surface area contributed by atoms with Gasteiger partial charge in [0.25, 0.3) is 0 Å². The number of pyridine rings is 1. The fraction of sp³-hybridized carbons (Fsp3) is 0.100. The molecule has 2 heterocycles. The predicted molar refractivity (Wildman–Crippen MR) is 137 cm³/mol. The van der Waals surface area contributed by atoms with E-state index in [9.17, 15) is 4.39 Å². The van der Waals surface area contributed by atoms with Crippen LogP contribution >= 0.6 is 0 Å². The van der Waals surface area contributed by atoms with Crippen molar-refractivity contribution in [2.24, 2.45) is 0 Å². The van der Waals surface area contributed by atoms with Gasteiger partial charge in [-0.2, -0.15) is 0 Å². The van der Waals surface area contributed by atoms with Crippen LogP contribution in [0.4, 0.5) is 10.1 Å². The minimum Gasteiger partial charge on any atom is -0.699 e. The minimum absolute atomic E-state index is 0. The fourth-order valence-corrected chi connectivity index (χ4v) is 4.44. The van der Waals surface area contributed by atoms with E-state index in [1.807, 2.05) is 67.0 Å². The Morgan fingerprint density at radius 2 is 1.43 bits per heavy atom. The molecule has 5 heteroatoms. The van der Waals surface area contributed by atoms with Crippen LogP contribution < -0.4 is 0 Å². The Balaban J connectivity index is 0.00000289. The summed E-state index contributed by atoms with van der Waals surface area (Å²) in [5.74, 6) is -0.247. The van der Waals surface area contributed by atoms with Gasteiger partial charge in [0.15, 0.2) is 0 Å². The molecule has 1 N–H and O–H groups in total. The first-order valence-electron chi connectivity index (χ1n) is 11.5. The zero-order chi connectivity index (χ0) is 23.3. The molecule has 0 aliphatic rings. The van der Waals surface area contributed by atoms with Crippen molar-refractivity contribution >= 4 is 5.69 Å². The van der Waals surface area contributed by atoms with Crippen molar-refractivity contribution in [1.29, 1.82) is 0 Å². The van der Waals surface area contributed by atoms with Crippen LogP contribution in [-0.2, 0) is 12.8 Å². The Morgan fingerprint density at radius 3 is 2.11 bits per heavy atom. The standard InChI is InChI=1S/C30H25FN3.Ac/c31-25-11-9-23(10-12-25)28-21-34(27-15-13-26(32)14-16-27)29(30(28)24-17-19-33-20-18-24)8-4-7-22-5-2-1-3-6-22;/h1-3,5-6,9-21,32H,4,7-8H2;/q-1;. The van der Waals surface area contributed by atoms with Crippen molar-refractivity contribution in [3.05, 3.63) is 132 Å². The molecule has 0 atom stereocenters. The number of aromatic nitrogens is 2. The molecule has 0 unspecified atom stereocenters. The molecular formula is C30H25AcFN3-. The van der Waals surface area contributed by atoms with E-state index in [0.29, 0.717) is 5.69 Å². The summed E-state index contributed by atoms with van der Waals surface area (Å²) >= 11 is 0. The van der Waals surface area contributed by atoms with E-state index in [1.54, 1.807) is 0 Å². The van der Waals surface area contributed by atoms with Gasteiger partial charge < -0.3 is 10.3 Å². The van der Waals surface area contributed by atoms with Crippen molar-refractivity contribution in [2.45, 2.75) is 19.3 Å². The van der Waals surface area contributed by atoms with Crippen LogP contribution in [0.1, 0.15) is 17.7 Å². The van der Waals surface area contributed by atoms with Gasteiger partial charge in [0.05, 0.1) is 0 Å². The largest absolute Gasteiger partial charge is 0.699 e. The molecule has 0 spiro atoms. The van der Waals surface area contributed by atoms with Crippen LogP contribution in [-0.4, -0.2) is 9.55 Å². The quantitative estimate of drug-likeness (QED) is 0.172. The second-order valence-corrected chi connectivity index (χ2v) is 8.36. The summed E-state index contributed by atoms with van der Waals surface area (Å²) in [7, 11) is 0. The van der Waals surface area contributed by atoms with Crippen molar-refractivity contribution in [2.75, 3.05) is 0 Å².